The molecule has 6 N–H and O–H groups in total. The molecule has 0 spiro atoms. The average molecular weight is 750 g/mol. The molecule has 0 unspecified atom stereocenters. The molecule has 2 aromatic carbocycles. The molecule has 3 aromatic rings. The van der Waals surface area contributed by atoms with Crippen molar-refractivity contribution >= 4 is 41.1 Å². The van der Waals surface area contributed by atoms with Gasteiger partial charge in [0.1, 0.15) is 12.6 Å². The number of likely N-dealkylation sites (N-methyl/N-ethyl adjacent to an activating group) is 1. The number of hydrogen-bond acceptors (Lipinski definition) is 9. The average Bonchev–Trinajstić information content (AvgIpc) is 3.60. The molecule has 1 heterocycles. The van der Waals surface area contributed by atoms with E-state index in [0.29, 0.717) is 43.1 Å². The maximum absolute atomic E-state index is 14.2. The summed E-state index contributed by atoms with van der Waals surface area (Å²) in [4.78, 5) is 47.5. The van der Waals surface area contributed by atoms with Crippen molar-refractivity contribution in [2.24, 2.45) is 5.73 Å². The summed E-state index contributed by atoms with van der Waals surface area (Å²) in [6.45, 7) is 12.0. The van der Waals surface area contributed by atoms with Crippen LogP contribution in [-0.4, -0.2) is 72.3 Å². The van der Waals surface area contributed by atoms with Gasteiger partial charge in [-0.15, -0.1) is 11.3 Å². The van der Waals surface area contributed by atoms with E-state index < -0.39 is 17.7 Å². The van der Waals surface area contributed by atoms with Crippen LogP contribution in [0, 0.1) is 0 Å². The number of aromatic nitrogens is 1. The van der Waals surface area contributed by atoms with Crippen LogP contribution in [-0.2, 0) is 28.9 Å². The van der Waals surface area contributed by atoms with Crippen molar-refractivity contribution in [3.05, 3.63) is 111 Å². The lowest BCUT2D eigenvalue weighted by atomic mass is 9.92. The Morgan fingerprint density at radius 1 is 0.981 bits per heavy atom. The fourth-order valence-electron chi connectivity index (χ4n) is 5.44. The maximum atomic E-state index is 14.2. The Labute approximate surface area is 317 Å². The van der Waals surface area contributed by atoms with Crippen LogP contribution in [0.3, 0.4) is 0 Å². The molecule has 1 aromatic heterocycles. The van der Waals surface area contributed by atoms with Crippen LogP contribution >= 0.6 is 23.1 Å². The van der Waals surface area contributed by atoms with E-state index >= 15 is 0 Å². The van der Waals surface area contributed by atoms with Gasteiger partial charge < -0.3 is 36.6 Å². The van der Waals surface area contributed by atoms with Crippen molar-refractivity contribution in [1.29, 1.82) is 0 Å². The van der Waals surface area contributed by atoms with Crippen LogP contribution in [0.2, 0.25) is 0 Å². The number of thioether (sulfide) groups is 1. The number of carbonyl (C=O) groups excluding carboxylic acids is 3. The van der Waals surface area contributed by atoms with Gasteiger partial charge in [-0.2, -0.15) is 0 Å². The number of benzene rings is 2. The number of amides is 4. The highest BCUT2D eigenvalue weighted by atomic mass is 32.2. The Morgan fingerprint density at radius 2 is 1.56 bits per heavy atom. The quantitative estimate of drug-likeness (QED) is 0.0904. The topological polar surface area (TPSA) is 151 Å². The molecule has 0 aliphatic carbocycles. The van der Waals surface area contributed by atoms with E-state index in [0.717, 1.165) is 21.8 Å². The largest absolute Gasteiger partial charge is 0.444 e. The van der Waals surface area contributed by atoms with Crippen molar-refractivity contribution < 1.29 is 19.1 Å². The molecule has 11 nitrogen and oxygen atoms in total. The Morgan fingerprint density at radius 3 is 2.06 bits per heavy atom. The van der Waals surface area contributed by atoms with Crippen LogP contribution in [0.25, 0.3) is 0 Å². The molecule has 4 amide bonds. The molecule has 0 saturated heterocycles. The third-order valence-electron chi connectivity index (χ3n) is 8.65. The highest BCUT2D eigenvalue weighted by molar-refractivity contribution is 8.05. The van der Waals surface area contributed by atoms with Gasteiger partial charge in [0.05, 0.1) is 17.2 Å². The van der Waals surface area contributed by atoms with Crippen LogP contribution < -0.4 is 27.0 Å². The fourth-order valence-corrected chi connectivity index (χ4v) is 6.68. The standard InChI is InChI=1S/C39H55N7O4S2/c1-8-51-33(23-40)25-50-38(49)44-31(22-29-17-13-10-14-18-29)20-19-30(21-28-15-11-9-12-16-28)42-35(47)34(39(4,5)41-6)45-37(48)46(7)24-32-26-52-36(43-32)27(2)3/h8-18,23,26-27,30-31,34,41H,1,19-22,24-25,40H2,2-7H3,(H,42,47)(H,44,49)(H,45,48)/b33-23-/t30-,31-,34-/m1/s1. The number of urea groups is 1. The molecule has 52 heavy (non-hydrogen) atoms. The minimum Gasteiger partial charge on any atom is -0.444 e. The van der Waals surface area contributed by atoms with Crippen LogP contribution in [0.4, 0.5) is 9.59 Å². The van der Waals surface area contributed by atoms with Gasteiger partial charge >= 0.3 is 12.1 Å². The minimum atomic E-state index is -0.904. The lowest BCUT2D eigenvalue weighted by Gasteiger charge is -2.36. The van der Waals surface area contributed by atoms with Gasteiger partial charge in [0.2, 0.25) is 5.91 Å². The summed E-state index contributed by atoms with van der Waals surface area (Å²) >= 11 is 2.87. The Kier molecular flexibility index (Phi) is 17.2. The van der Waals surface area contributed by atoms with Gasteiger partial charge in [-0.1, -0.05) is 92.9 Å². The Balaban J connectivity index is 1.78. The van der Waals surface area contributed by atoms with Gasteiger partial charge in [0.15, 0.2) is 0 Å². The first kappa shape index (κ1) is 42.1. The van der Waals surface area contributed by atoms with Gasteiger partial charge in [0, 0.05) is 47.1 Å². The summed E-state index contributed by atoms with van der Waals surface area (Å²) < 4.78 is 5.48. The first-order chi connectivity index (χ1) is 24.8. The summed E-state index contributed by atoms with van der Waals surface area (Å²) in [5.41, 5.74) is 7.79. The number of alkyl carbamates (subject to hydrolysis) is 1. The van der Waals surface area contributed by atoms with Crippen molar-refractivity contribution in [3.63, 3.8) is 0 Å². The number of nitrogens with one attached hydrogen (secondary N) is 4. The molecule has 0 radical (unpaired) electrons. The fraction of sp³-hybridized carbons (Fsp3) is 0.436. The van der Waals surface area contributed by atoms with Crippen LogP contribution in [0.1, 0.15) is 68.3 Å². The molecule has 282 valence electrons. The first-order valence-corrected chi connectivity index (χ1v) is 19.3. The number of thiazole rings is 1. The van der Waals surface area contributed by atoms with Crippen LogP contribution in [0.5, 0.6) is 0 Å². The SMILES string of the molecule is C=CS/C(=C\N)COC(=O)N[C@H](CC[C@H](Cc1ccccc1)NC(=O)[C@@H](NC(=O)N(C)Cc1csc(C(C)C)n1)C(C)(C)NC)Cc1ccccc1. The van der Waals surface area contributed by atoms with E-state index in [9.17, 15) is 14.4 Å². The van der Waals surface area contributed by atoms with E-state index in [-0.39, 0.29) is 30.6 Å². The monoisotopic (exact) mass is 749 g/mol. The highest BCUT2D eigenvalue weighted by Crippen LogP contribution is 2.21. The summed E-state index contributed by atoms with van der Waals surface area (Å²) in [7, 11) is 3.46. The number of rotatable bonds is 20. The lowest BCUT2D eigenvalue weighted by Crippen LogP contribution is -2.64. The zero-order chi connectivity index (χ0) is 38.1. The van der Waals surface area contributed by atoms with E-state index in [1.807, 2.05) is 79.9 Å². The predicted molar refractivity (Wildman–Crippen MR) is 213 cm³/mol. The maximum Gasteiger partial charge on any atom is 0.407 e. The Hall–Kier alpha value is -4.33. The van der Waals surface area contributed by atoms with Gasteiger partial charge in [0.25, 0.3) is 0 Å². The highest BCUT2D eigenvalue weighted by Gasteiger charge is 2.37. The van der Waals surface area contributed by atoms with E-state index in [1.54, 1.807) is 30.8 Å². The van der Waals surface area contributed by atoms with E-state index in [1.165, 1.54) is 22.9 Å². The first-order valence-electron chi connectivity index (χ1n) is 17.5. The van der Waals surface area contributed by atoms with E-state index in [2.05, 4.69) is 46.7 Å². The lowest BCUT2D eigenvalue weighted by molar-refractivity contribution is -0.125. The zero-order valence-electron chi connectivity index (χ0n) is 31.2. The molecule has 0 saturated carbocycles. The van der Waals surface area contributed by atoms with Gasteiger partial charge in [-0.25, -0.2) is 14.6 Å². The number of hydrogen-bond donors (Lipinski definition) is 5. The summed E-state index contributed by atoms with van der Waals surface area (Å²) in [6.07, 6.45) is 3.05. The third kappa shape index (κ3) is 14.0. The number of nitrogens with zero attached hydrogens (tertiary/aromatic N) is 2. The molecule has 13 heteroatoms. The van der Waals surface area contributed by atoms with Crippen molar-refractivity contribution in [2.45, 2.75) is 89.5 Å². The Bertz CT molecular complexity index is 1600. The predicted octanol–water partition coefficient (Wildman–Crippen LogP) is 6.30. The minimum absolute atomic E-state index is 0.0239. The molecular weight excluding hydrogens is 695 g/mol. The van der Waals surface area contributed by atoms with E-state index in [4.69, 9.17) is 10.5 Å². The molecule has 0 bridgehead atoms. The molecule has 3 rings (SSSR count). The smallest absolute Gasteiger partial charge is 0.407 e. The number of carbonyl (C=O) groups is 3. The molecule has 0 fully saturated rings. The molecule has 3 atom stereocenters. The summed E-state index contributed by atoms with van der Waals surface area (Å²) in [5, 5.41) is 17.1. The van der Waals surface area contributed by atoms with Crippen molar-refractivity contribution in [3.8, 4) is 0 Å². The molecule has 0 aliphatic rings. The second-order valence-electron chi connectivity index (χ2n) is 13.5. The number of ether oxygens (including phenoxy) is 1. The van der Waals surface area contributed by atoms with Gasteiger partial charge in [-0.3, -0.25) is 4.79 Å². The summed E-state index contributed by atoms with van der Waals surface area (Å²) in [6, 6.07) is 17.9. The summed E-state index contributed by atoms with van der Waals surface area (Å²) in [5.74, 6) is -0.0106. The zero-order valence-corrected chi connectivity index (χ0v) is 32.8. The normalized spacial score (nSPS) is 13.5. The second kappa shape index (κ2) is 21.3. The molecule has 0 aliphatic heterocycles. The van der Waals surface area contributed by atoms with Crippen molar-refractivity contribution in [2.75, 3.05) is 20.7 Å². The van der Waals surface area contributed by atoms with Crippen LogP contribution in [0.15, 0.2) is 89.1 Å². The molecular formula is C39H55N7O4S2. The second-order valence-corrected chi connectivity index (χ2v) is 15.5. The van der Waals surface area contributed by atoms with Crippen molar-refractivity contribution in [1.82, 2.24) is 31.2 Å². The van der Waals surface area contributed by atoms with Gasteiger partial charge in [-0.05, 0) is 63.1 Å². The number of nitrogens with two attached hydrogens (primary N) is 1. The third-order valence-corrected chi connectivity index (χ3v) is 10.6.